The first-order valence-electron chi connectivity index (χ1n) is 5.20. The Bertz CT molecular complexity index is 285. The molecule has 0 aromatic heterocycles. The zero-order chi connectivity index (χ0) is 12.7. The summed E-state index contributed by atoms with van der Waals surface area (Å²) in [6.07, 6.45) is 1.56. The molecule has 0 saturated carbocycles. The molecule has 0 aromatic carbocycles. The molecule has 0 bridgehead atoms. The van der Waals surface area contributed by atoms with Gasteiger partial charge in [-0.05, 0) is 26.8 Å². The first kappa shape index (κ1) is 14.5. The molecule has 0 unspecified atom stereocenters. The van der Waals surface area contributed by atoms with Gasteiger partial charge in [-0.25, -0.2) is 0 Å². The van der Waals surface area contributed by atoms with Crippen LogP contribution in [0.1, 0.15) is 20.8 Å². The summed E-state index contributed by atoms with van der Waals surface area (Å²) in [5.41, 5.74) is 0. The van der Waals surface area contributed by atoms with Gasteiger partial charge in [0.25, 0.3) is 11.8 Å². The molecule has 0 aromatic rings. The van der Waals surface area contributed by atoms with E-state index in [1.54, 1.807) is 24.9 Å². The highest BCUT2D eigenvalue weighted by atomic mass is 16.5. The standard InChI is InChI=1S/C11H20N2O3/c1-6-9(16-7-10(14)12-4)11(15)13(5)8(2)3/h6,8H,7H2,1-5H3,(H,12,14)/b9-6+. The molecule has 16 heavy (non-hydrogen) atoms. The van der Waals surface area contributed by atoms with Gasteiger partial charge in [-0.1, -0.05) is 0 Å². The van der Waals surface area contributed by atoms with Gasteiger partial charge in [-0.3, -0.25) is 9.59 Å². The van der Waals surface area contributed by atoms with E-state index in [-0.39, 0.29) is 30.2 Å². The van der Waals surface area contributed by atoms with Crippen molar-refractivity contribution in [2.75, 3.05) is 20.7 Å². The van der Waals surface area contributed by atoms with Crippen LogP contribution in [0.5, 0.6) is 0 Å². The molecule has 0 aliphatic rings. The molecule has 0 aliphatic heterocycles. The summed E-state index contributed by atoms with van der Waals surface area (Å²) < 4.78 is 5.13. The summed E-state index contributed by atoms with van der Waals surface area (Å²) in [5.74, 6) is -0.291. The van der Waals surface area contributed by atoms with Crippen molar-refractivity contribution >= 4 is 11.8 Å². The van der Waals surface area contributed by atoms with Crippen LogP contribution in [0, 0.1) is 0 Å². The third-order valence-corrected chi connectivity index (χ3v) is 2.21. The molecule has 5 nitrogen and oxygen atoms in total. The lowest BCUT2D eigenvalue weighted by Crippen LogP contribution is -2.35. The molecule has 5 heteroatoms. The quantitative estimate of drug-likeness (QED) is 0.551. The number of nitrogens with zero attached hydrogens (tertiary/aromatic N) is 1. The van der Waals surface area contributed by atoms with Crippen molar-refractivity contribution < 1.29 is 14.3 Å². The Morgan fingerprint density at radius 2 is 2.00 bits per heavy atom. The fraction of sp³-hybridized carbons (Fsp3) is 0.636. The first-order valence-corrected chi connectivity index (χ1v) is 5.20. The highest BCUT2D eigenvalue weighted by Gasteiger charge is 2.18. The molecule has 0 spiro atoms. The molecule has 0 atom stereocenters. The SMILES string of the molecule is C/C=C(/OCC(=O)NC)C(=O)N(C)C(C)C. The van der Waals surface area contributed by atoms with Crippen molar-refractivity contribution in [3.63, 3.8) is 0 Å². The van der Waals surface area contributed by atoms with Gasteiger partial charge in [0, 0.05) is 20.1 Å². The molecule has 1 N–H and O–H groups in total. The molecule has 0 heterocycles. The summed E-state index contributed by atoms with van der Waals surface area (Å²) in [6, 6.07) is 0.0889. The number of ether oxygens (including phenoxy) is 1. The van der Waals surface area contributed by atoms with Gasteiger partial charge >= 0.3 is 0 Å². The number of carbonyl (C=O) groups is 2. The van der Waals surface area contributed by atoms with Gasteiger partial charge in [0.1, 0.15) is 0 Å². The Balaban J connectivity index is 4.41. The average Bonchev–Trinajstić information content (AvgIpc) is 2.27. The summed E-state index contributed by atoms with van der Waals surface area (Å²) in [6.45, 7) is 5.37. The van der Waals surface area contributed by atoms with E-state index in [4.69, 9.17) is 4.74 Å². The number of carbonyl (C=O) groups excluding carboxylic acids is 2. The number of nitrogens with one attached hydrogen (secondary N) is 1. The number of hydrogen-bond donors (Lipinski definition) is 1. The molecule has 92 valence electrons. The molecule has 0 aliphatic carbocycles. The van der Waals surface area contributed by atoms with E-state index in [0.29, 0.717) is 0 Å². The second-order valence-corrected chi connectivity index (χ2v) is 3.62. The Labute approximate surface area is 96.4 Å². The Morgan fingerprint density at radius 3 is 2.38 bits per heavy atom. The highest BCUT2D eigenvalue weighted by Crippen LogP contribution is 2.05. The van der Waals surface area contributed by atoms with Crippen molar-refractivity contribution in [1.29, 1.82) is 0 Å². The number of rotatable bonds is 5. The number of hydrogen-bond acceptors (Lipinski definition) is 3. The fourth-order valence-corrected chi connectivity index (χ4v) is 0.892. The van der Waals surface area contributed by atoms with E-state index in [9.17, 15) is 9.59 Å². The van der Waals surface area contributed by atoms with E-state index in [2.05, 4.69) is 5.32 Å². The van der Waals surface area contributed by atoms with Crippen molar-refractivity contribution in [1.82, 2.24) is 10.2 Å². The minimum Gasteiger partial charge on any atom is -0.478 e. The summed E-state index contributed by atoms with van der Waals surface area (Å²) in [5, 5.41) is 2.42. The van der Waals surface area contributed by atoms with E-state index in [0.717, 1.165) is 0 Å². The van der Waals surface area contributed by atoms with E-state index >= 15 is 0 Å². The zero-order valence-corrected chi connectivity index (χ0v) is 10.5. The van der Waals surface area contributed by atoms with Crippen molar-refractivity contribution in [2.24, 2.45) is 0 Å². The third kappa shape index (κ3) is 4.33. The first-order chi connectivity index (χ1) is 7.43. The number of likely N-dealkylation sites (N-methyl/N-ethyl adjacent to an activating group) is 2. The van der Waals surface area contributed by atoms with Gasteiger partial charge in [0.05, 0.1) is 0 Å². The normalized spacial score (nSPS) is 11.2. The Morgan fingerprint density at radius 1 is 1.44 bits per heavy atom. The second-order valence-electron chi connectivity index (χ2n) is 3.62. The van der Waals surface area contributed by atoms with Crippen LogP contribution in [-0.4, -0.2) is 43.5 Å². The molecule has 0 radical (unpaired) electrons. The van der Waals surface area contributed by atoms with Gasteiger partial charge < -0.3 is 15.0 Å². The van der Waals surface area contributed by atoms with Crippen LogP contribution < -0.4 is 5.32 Å². The molecule has 0 rings (SSSR count). The predicted octanol–water partition coefficient (Wildman–Crippen LogP) is 0.520. The molecule has 0 fully saturated rings. The van der Waals surface area contributed by atoms with Crippen LogP contribution in [0.25, 0.3) is 0 Å². The minimum absolute atomic E-state index is 0.0889. The molecular weight excluding hydrogens is 208 g/mol. The lowest BCUT2D eigenvalue weighted by atomic mass is 10.3. The van der Waals surface area contributed by atoms with Crippen LogP contribution in [0.4, 0.5) is 0 Å². The minimum atomic E-state index is -0.264. The number of allylic oxidation sites excluding steroid dienone is 1. The van der Waals surface area contributed by atoms with Crippen molar-refractivity contribution in [3.05, 3.63) is 11.8 Å². The maximum atomic E-state index is 11.8. The lowest BCUT2D eigenvalue weighted by Gasteiger charge is -2.22. The van der Waals surface area contributed by atoms with Crippen LogP contribution in [0.2, 0.25) is 0 Å². The van der Waals surface area contributed by atoms with E-state index in [1.165, 1.54) is 7.05 Å². The monoisotopic (exact) mass is 228 g/mol. The Kier molecular flexibility index (Phi) is 6.22. The fourth-order valence-electron chi connectivity index (χ4n) is 0.892. The largest absolute Gasteiger partial charge is 0.478 e. The average molecular weight is 228 g/mol. The van der Waals surface area contributed by atoms with Crippen LogP contribution in [0.15, 0.2) is 11.8 Å². The van der Waals surface area contributed by atoms with Crippen molar-refractivity contribution in [2.45, 2.75) is 26.8 Å². The Hall–Kier alpha value is -1.52. The van der Waals surface area contributed by atoms with Gasteiger partial charge in [-0.2, -0.15) is 0 Å². The lowest BCUT2D eigenvalue weighted by molar-refractivity contribution is -0.132. The maximum absolute atomic E-state index is 11.8. The third-order valence-electron chi connectivity index (χ3n) is 2.21. The maximum Gasteiger partial charge on any atom is 0.288 e. The zero-order valence-electron chi connectivity index (χ0n) is 10.5. The summed E-state index contributed by atoms with van der Waals surface area (Å²) >= 11 is 0. The van der Waals surface area contributed by atoms with Crippen LogP contribution in [-0.2, 0) is 14.3 Å². The van der Waals surface area contributed by atoms with Crippen molar-refractivity contribution in [3.8, 4) is 0 Å². The predicted molar refractivity (Wildman–Crippen MR) is 61.7 cm³/mol. The molecular formula is C11H20N2O3. The van der Waals surface area contributed by atoms with Gasteiger partial charge in [0.2, 0.25) is 0 Å². The van der Waals surface area contributed by atoms with E-state index < -0.39 is 0 Å². The van der Waals surface area contributed by atoms with Crippen LogP contribution >= 0.6 is 0 Å². The number of amides is 2. The summed E-state index contributed by atoms with van der Waals surface area (Å²) in [4.78, 5) is 24.3. The van der Waals surface area contributed by atoms with E-state index in [1.807, 2.05) is 13.8 Å². The topological polar surface area (TPSA) is 58.6 Å². The van der Waals surface area contributed by atoms with Gasteiger partial charge in [0.15, 0.2) is 12.4 Å². The second kappa shape index (κ2) is 6.87. The molecule has 2 amide bonds. The molecule has 0 saturated heterocycles. The smallest absolute Gasteiger partial charge is 0.288 e. The van der Waals surface area contributed by atoms with Gasteiger partial charge in [-0.15, -0.1) is 0 Å². The summed E-state index contributed by atoms with van der Waals surface area (Å²) in [7, 11) is 3.21. The van der Waals surface area contributed by atoms with Crippen LogP contribution in [0.3, 0.4) is 0 Å². The highest BCUT2D eigenvalue weighted by molar-refractivity contribution is 5.91.